The van der Waals surface area contributed by atoms with Gasteiger partial charge in [-0.2, -0.15) is 0 Å². The zero-order valence-electron chi connectivity index (χ0n) is 10.3. The molecule has 16 heavy (non-hydrogen) atoms. The van der Waals surface area contributed by atoms with Crippen molar-refractivity contribution in [1.82, 2.24) is 5.32 Å². The van der Waals surface area contributed by atoms with Crippen LogP contribution in [0.15, 0.2) is 0 Å². The minimum Gasteiger partial charge on any atom is -0.378 e. The molecule has 1 saturated heterocycles. The Morgan fingerprint density at radius 1 is 1.56 bits per heavy atom. The molecule has 0 aliphatic carbocycles. The summed E-state index contributed by atoms with van der Waals surface area (Å²) in [4.78, 5) is 12.0. The fourth-order valence-electron chi connectivity index (χ4n) is 2.11. The van der Waals surface area contributed by atoms with E-state index < -0.39 is 0 Å². The van der Waals surface area contributed by atoms with Gasteiger partial charge in [0.25, 0.3) is 0 Å². The summed E-state index contributed by atoms with van der Waals surface area (Å²) in [7, 11) is 0. The average molecular weight is 248 g/mol. The van der Waals surface area contributed by atoms with Crippen molar-refractivity contribution in [3.05, 3.63) is 0 Å². The number of hydrogen-bond acceptors (Lipinski definition) is 2. The van der Waals surface area contributed by atoms with Gasteiger partial charge >= 0.3 is 0 Å². The predicted molar refractivity (Wildman–Crippen MR) is 65.6 cm³/mol. The monoisotopic (exact) mass is 247 g/mol. The Labute approximate surface area is 103 Å². The summed E-state index contributed by atoms with van der Waals surface area (Å²) < 4.78 is 5.39. The Morgan fingerprint density at radius 2 is 2.25 bits per heavy atom. The molecule has 1 rings (SSSR count). The number of rotatable bonds is 5. The zero-order valence-corrected chi connectivity index (χ0v) is 11.1. The van der Waals surface area contributed by atoms with E-state index in [0.717, 1.165) is 12.8 Å². The minimum atomic E-state index is -0.00196. The van der Waals surface area contributed by atoms with Crippen LogP contribution < -0.4 is 5.32 Å². The summed E-state index contributed by atoms with van der Waals surface area (Å²) in [6.45, 7) is 6.91. The molecule has 4 heteroatoms. The fraction of sp³-hybridized carbons (Fsp3) is 0.917. The summed E-state index contributed by atoms with van der Waals surface area (Å²) in [5, 5.41) is 3.02. The van der Waals surface area contributed by atoms with E-state index in [-0.39, 0.29) is 24.0 Å². The molecule has 1 heterocycles. The lowest BCUT2D eigenvalue weighted by Gasteiger charge is -2.21. The van der Waals surface area contributed by atoms with E-state index in [1.54, 1.807) is 0 Å². The van der Waals surface area contributed by atoms with E-state index in [2.05, 4.69) is 19.2 Å². The third-order valence-electron chi connectivity index (χ3n) is 3.00. The van der Waals surface area contributed by atoms with Crippen LogP contribution >= 0.6 is 11.6 Å². The quantitative estimate of drug-likeness (QED) is 0.757. The van der Waals surface area contributed by atoms with E-state index in [9.17, 15) is 4.79 Å². The van der Waals surface area contributed by atoms with Gasteiger partial charge in [-0.1, -0.05) is 13.8 Å². The van der Waals surface area contributed by atoms with Gasteiger partial charge in [0.2, 0.25) is 5.91 Å². The molecule has 3 atom stereocenters. The first kappa shape index (κ1) is 13.8. The van der Waals surface area contributed by atoms with Gasteiger partial charge in [0.05, 0.1) is 12.0 Å². The largest absolute Gasteiger partial charge is 0.378 e. The lowest BCUT2D eigenvalue weighted by molar-refractivity contribution is -0.127. The molecule has 0 saturated carbocycles. The Balaban J connectivity index is 2.42. The van der Waals surface area contributed by atoms with Crippen molar-refractivity contribution in [3.8, 4) is 0 Å². The predicted octanol–water partition coefficient (Wildman–Crippen LogP) is 2.18. The van der Waals surface area contributed by atoms with Gasteiger partial charge in [-0.25, -0.2) is 0 Å². The molecule has 0 spiro atoms. The van der Waals surface area contributed by atoms with Gasteiger partial charge in [-0.15, -0.1) is 11.6 Å². The first-order chi connectivity index (χ1) is 7.54. The average Bonchev–Trinajstić information content (AvgIpc) is 2.62. The van der Waals surface area contributed by atoms with Crippen LogP contribution in [0.1, 0.15) is 33.6 Å². The van der Waals surface area contributed by atoms with Gasteiger partial charge < -0.3 is 10.1 Å². The highest BCUT2D eigenvalue weighted by atomic mass is 35.5. The molecule has 1 aliphatic heterocycles. The number of hydrogen-bond donors (Lipinski definition) is 1. The van der Waals surface area contributed by atoms with Gasteiger partial charge in [0.1, 0.15) is 0 Å². The molecule has 0 bridgehead atoms. The molecule has 3 unspecified atom stereocenters. The number of halogens is 1. The van der Waals surface area contributed by atoms with Gasteiger partial charge in [-0.05, 0) is 25.7 Å². The highest BCUT2D eigenvalue weighted by molar-refractivity contribution is 6.18. The maximum Gasteiger partial charge on any atom is 0.226 e. The second kappa shape index (κ2) is 6.45. The highest BCUT2D eigenvalue weighted by Crippen LogP contribution is 2.21. The molecule has 0 aromatic heterocycles. The van der Waals surface area contributed by atoms with Crippen molar-refractivity contribution < 1.29 is 9.53 Å². The smallest absolute Gasteiger partial charge is 0.226 e. The molecular formula is C12H22ClNO2. The van der Waals surface area contributed by atoms with Crippen LogP contribution in [0.2, 0.25) is 0 Å². The number of carbonyl (C=O) groups excluding carboxylic acids is 1. The third kappa shape index (κ3) is 3.95. The molecule has 0 aromatic carbocycles. The van der Waals surface area contributed by atoms with Crippen LogP contribution in [0.25, 0.3) is 0 Å². The maximum atomic E-state index is 12.0. The minimum absolute atomic E-state index is 0.00196. The fourth-order valence-corrected chi connectivity index (χ4v) is 2.32. The van der Waals surface area contributed by atoms with Crippen LogP contribution in [-0.4, -0.2) is 30.5 Å². The van der Waals surface area contributed by atoms with Gasteiger partial charge in [0, 0.05) is 18.5 Å². The lowest BCUT2D eigenvalue weighted by Crippen LogP contribution is -2.42. The van der Waals surface area contributed by atoms with Crippen molar-refractivity contribution in [3.63, 3.8) is 0 Å². The van der Waals surface area contributed by atoms with Crippen LogP contribution in [0.5, 0.6) is 0 Å². The summed E-state index contributed by atoms with van der Waals surface area (Å²) in [6, 6.07) is 0.0852. The number of alkyl halides is 1. The summed E-state index contributed by atoms with van der Waals surface area (Å²) in [6.07, 6.45) is 1.79. The van der Waals surface area contributed by atoms with Crippen LogP contribution in [-0.2, 0) is 9.53 Å². The second-order valence-electron chi connectivity index (χ2n) is 4.96. The maximum absolute atomic E-state index is 12.0. The Morgan fingerprint density at radius 3 is 2.69 bits per heavy atom. The van der Waals surface area contributed by atoms with E-state index in [1.807, 2.05) is 6.92 Å². The molecule has 94 valence electrons. The molecule has 3 nitrogen and oxygen atoms in total. The zero-order chi connectivity index (χ0) is 12.1. The van der Waals surface area contributed by atoms with Crippen molar-refractivity contribution in [2.75, 3.05) is 12.5 Å². The number of amides is 1. The summed E-state index contributed by atoms with van der Waals surface area (Å²) >= 11 is 5.85. The third-order valence-corrected chi connectivity index (χ3v) is 3.37. The number of carbonyl (C=O) groups is 1. The van der Waals surface area contributed by atoms with Crippen molar-refractivity contribution in [2.45, 2.75) is 45.8 Å². The van der Waals surface area contributed by atoms with E-state index in [0.29, 0.717) is 18.4 Å². The molecule has 0 aromatic rings. The van der Waals surface area contributed by atoms with Crippen LogP contribution in [0, 0.1) is 11.8 Å². The summed E-state index contributed by atoms with van der Waals surface area (Å²) in [5.74, 6) is 1.11. The van der Waals surface area contributed by atoms with E-state index >= 15 is 0 Å². The van der Waals surface area contributed by atoms with Crippen molar-refractivity contribution >= 4 is 17.5 Å². The second-order valence-corrected chi connectivity index (χ2v) is 5.27. The molecule has 1 N–H and O–H groups in total. The lowest BCUT2D eigenvalue weighted by atomic mass is 10.00. The Hall–Kier alpha value is -0.280. The number of nitrogens with one attached hydrogen (secondary N) is 1. The van der Waals surface area contributed by atoms with Gasteiger partial charge in [0.15, 0.2) is 0 Å². The first-order valence-corrected chi connectivity index (χ1v) is 6.56. The SMILES string of the molecule is CC(C)CC(CCl)NC(=O)C1CCOC1C. The van der Waals surface area contributed by atoms with Crippen LogP contribution in [0.4, 0.5) is 0 Å². The molecule has 0 radical (unpaired) electrons. The van der Waals surface area contributed by atoms with Gasteiger partial charge in [-0.3, -0.25) is 4.79 Å². The molecule has 1 aliphatic rings. The van der Waals surface area contributed by atoms with E-state index in [4.69, 9.17) is 16.3 Å². The number of ether oxygens (including phenoxy) is 1. The van der Waals surface area contributed by atoms with E-state index in [1.165, 1.54) is 0 Å². The molecule has 1 amide bonds. The Kier molecular flexibility index (Phi) is 5.56. The highest BCUT2D eigenvalue weighted by Gasteiger charge is 2.31. The Bertz CT molecular complexity index is 233. The van der Waals surface area contributed by atoms with Crippen molar-refractivity contribution in [1.29, 1.82) is 0 Å². The molecular weight excluding hydrogens is 226 g/mol. The topological polar surface area (TPSA) is 38.3 Å². The molecule has 1 fully saturated rings. The standard InChI is InChI=1S/C12H22ClNO2/c1-8(2)6-10(7-13)14-12(15)11-4-5-16-9(11)3/h8-11H,4-7H2,1-3H3,(H,14,15). The van der Waals surface area contributed by atoms with Crippen molar-refractivity contribution in [2.24, 2.45) is 11.8 Å². The first-order valence-electron chi connectivity index (χ1n) is 6.02. The van der Waals surface area contributed by atoms with Crippen LogP contribution in [0.3, 0.4) is 0 Å². The normalized spacial score (nSPS) is 27.1. The summed E-state index contributed by atoms with van der Waals surface area (Å²) in [5.41, 5.74) is 0.